The number of halogens is 1. The second-order valence-electron chi connectivity index (χ2n) is 4.55. The molecule has 0 aliphatic heterocycles. The summed E-state index contributed by atoms with van der Waals surface area (Å²) in [5.74, 6) is 1.63. The van der Waals surface area contributed by atoms with E-state index in [1.807, 2.05) is 12.1 Å². The Hall–Kier alpha value is -1.39. The van der Waals surface area contributed by atoms with E-state index in [0.717, 1.165) is 5.56 Å². The summed E-state index contributed by atoms with van der Waals surface area (Å²) in [5.41, 5.74) is 6.61. The first-order valence-electron chi connectivity index (χ1n) is 5.91. The monoisotopic (exact) mass is 265 g/mol. The van der Waals surface area contributed by atoms with Crippen molar-refractivity contribution >= 4 is 11.6 Å². The van der Waals surface area contributed by atoms with E-state index in [4.69, 9.17) is 21.9 Å². The molecule has 1 aromatic carbocycles. The molecule has 0 spiro atoms. The van der Waals surface area contributed by atoms with Crippen LogP contribution in [0, 0.1) is 5.92 Å². The van der Waals surface area contributed by atoms with E-state index in [2.05, 4.69) is 24.0 Å². The van der Waals surface area contributed by atoms with Gasteiger partial charge >= 0.3 is 0 Å². The zero-order chi connectivity index (χ0) is 13.1. The molecular formula is C13H16ClN3O. The molecule has 0 saturated heterocycles. The lowest BCUT2D eigenvalue weighted by molar-refractivity contribution is 0.324. The first-order chi connectivity index (χ1) is 8.61. The van der Waals surface area contributed by atoms with E-state index in [1.165, 1.54) is 0 Å². The molecule has 2 N–H and O–H groups in total. The van der Waals surface area contributed by atoms with Gasteiger partial charge in [-0.05, 0) is 30.2 Å². The Bertz CT molecular complexity index is 507. The van der Waals surface area contributed by atoms with E-state index in [-0.39, 0.29) is 5.92 Å². The number of rotatable bonds is 4. The predicted molar refractivity (Wildman–Crippen MR) is 71.4 cm³/mol. The number of benzene rings is 1. The largest absolute Gasteiger partial charge is 0.339 e. The molecule has 2 rings (SSSR count). The molecule has 4 nitrogen and oxygen atoms in total. The Morgan fingerprint density at radius 1 is 1.28 bits per heavy atom. The SMILES string of the molecule is CC(C)C(CN)c1nc(-c2ccc(Cl)cc2)no1. The highest BCUT2D eigenvalue weighted by molar-refractivity contribution is 6.30. The minimum absolute atomic E-state index is 0.0959. The molecule has 0 aliphatic carbocycles. The third kappa shape index (κ3) is 2.71. The summed E-state index contributed by atoms with van der Waals surface area (Å²) in [6, 6.07) is 7.33. The number of nitrogens with two attached hydrogens (primary N) is 1. The van der Waals surface area contributed by atoms with E-state index < -0.39 is 0 Å². The van der Waals surface area contributed by atoms with Gasteiger partial charge in [0.1, 0.15) is 0 Å². The molecule has 1 heterocycles. The summed E-state index contributed by atoms with van der Waals surface area (Å²) >= 11 is 5.84. The summed E-state index contributed by atoms with van der Waals surface area (Å²) < 4.78 is 5.29. The van der Waals surface area contributed by atoms with Crippen molar-refractivity contribution in [3.63, 3.8) is 0 Å². The summed E-state index contributed by atoms with van der Waals surface area (Å²) in [4.78, 5) is 4.40. The van der Waals surface area contributed by atoms with Crippen LogP contribution in [0.5, 0.6) is 0 Å². The Morgan fingerprint density at radius 3 is 2.50 bits per heavy atom. The molecule has 18 heavy (non-hydrogen) atoms. The first kappa shape index (κ1) is 13.1. The van der Waals surface area contributed by atoms with Crippen LogP contribution < -0.4 is 5.73 Å². The summed E-state index contributed by atoms with van der Waals surface area (Å²) in [6.45, 7) is 4.67. The van der Waals surface area contributed by atoms with Crippen LogP contribution in [0.1, 0.15) is 25.7 Å². The molecule has 1 aromatic heterocycles. The average Bonchev–Trinajstić information content (AvgIpc) is 2.80. The highest BCUT2D eigenvalue weighted by Crippen LogP contribution is 2.25. The molecule has 1 atom stereocenters. The molecule has 0 aliphatic rings. The Balaban J connectivity index is 2.27. The third-order valence-electron chi connectivity index (χ3n) is 2.92. The third-order valence-corrected chi connectivity index (χ3v) is 3.17. The maximum Gasteiger partial charge on any atom is 0.231 e. The normalized spacial score (nSPS) is 12.9. The van der Waals surface area contributed by atoms with Gasteiger partial charge in [-0.2, -0.15) is 4.98 Å². The topological polar surface area (TPSA) is 64.9 Å². The molecule has 0 bridgehead atoms. The lowest BCUT2D eigenvalue weighted by Crippen LogP contribution is -2.18. The van der Waals surface area contributed by atoms with E-state index >= 15 is 0 Å². The fourth-order valence-electron chi connectivity index (χ4n) is 1.76. The molecule has 0 radical (unpaired) electrons. The summed E-state index contributed by atoms with van der Waals surface area (Å²) in [5, 5.41) is 4.67. The molecule has 0 amide bonds. The molecule has 96 valence electrons. The van der Waals surface area contributed by atoms with Crippen LogP contribution in [0.25, 0.3) is 11.4 Å². The van der Waals surface area contributed by atoms with Crippen LogP contribution in [-0.2, 0) is 0 Å². The van der Waals surface area contributed by atoms with Gasteiger partial charge in [0.2, 0.25) is 11.7 Å². The van der Waals surface area contributed by atoms with Gasteiger partial charge in [-0.3, -0.25) is 0 Å². The number of aromatic nitrogens is 2. The average molecular weight is 266 g/mol. The fourth-order valence-corrected chi connectivity index (χ4v) is 1.89. The molecule has 0 saturated carbocycles. The molecule has 1 unspecified atom stereocenters. The standard InChI is InChI=1S/C13H16ClN3O/c1-8(2)11(7-15)13-16-12(17-18-13)9-3-5-10(14)6-4-9/h3-6,8,11H,7,15H2,1-2H3. The highest BCUT2D eigenvalue weighted by atomic mass is 35.5. The van der Waals surface area contributed by atoms with Gasteiger partial charge in [-0.25, -0.2) is 0 Å². The van der Waals surface area contributed by atoms with E-state index in [9.17, 15) is 0 Å². The van der Waals surface area contributed by atoms with Gasteiger partial charge in [0.15, 0.2) is 0 Å². The van der Waals surface area contributed by atoms with Gasteiger partial charge < -0.3 is 10.3 Å². The van der Waals surface area contributed by atoms with Crippen molar-refractivity contribution in [2.45, 2.75) is 19.8 Å². The minimum atomic E-state index is 0.0959. The molecule has 0 fully saturated rings. The van der Waals surface area contributed by atoms with Crippen LogP contribution in [-0.4, -0.2) is 16.7 Å². The van der Waals surface area contributed by atoms with Crippen molar-refractivity contribution in [3.05, 3.63) is 35.2 Å². The number of nitrogens with zero attached hydrogens (tertiary/aromatic N) is 2. The van der Waals surface area contributed by atoms with Crippen molar-refractivity contribution in [3.8, 4) is 11.4 Å². The lowest BCUT2D eigenvalue weighted by Gasteiger charge is -2.13. The van der Waals surface area contributed by atoms with Crippen LogP contribution in [0.15, 0.2) is 28.8 Å². The van der Waals surface area contributed by atoms with Crippen molar-refractivity contribution < 1.29 is 4.52 Å². The van der Waals surface area contributed by atoms with Gasteiger partial charge in [0, 0.05) is 17.1 Å². The Morgan fingerprint density at radius 2 is 1.94 bits per heavy atom. The van der Waals surface area contributed by atoms with E-state index in [1.54, 1.807) is 12.1 Å². The van der Waals surface area contributed by atoms with Crippen LogP contribution in [0.2, 0.25) is 5.02 Å². The lowest BCUT2D eigenvalue weighted by atomic mass is 9.96. The maximum absolute atomic E-state index is 5.84. The highest BCUT2D eigenvalue weighted by Gasteiger charge is 2.21. The van der Waals surface area contributed by atoms with Gasteiger partial charge in [-0.1, -0.05) is 30.6 Å². The van der Waals surface area contributed by atoms with Gasteiger partial charge in [0.25, 0.3) is 0 Å². The second kappa shape index (κ2) is 5.50. The molecule has 5 heteroatoms. The zero-order valence-electron chi connectivity index (χ0n) is 10.4. The maximum atomic E-state index is 5.84. The Labute approximate surface area is 111 Å². The van der Waals surface area contributed by atoms with Crippen molar-refractivity contribution in [1.29, 1.82) is 0 Å². The number of hydrogen-bond donors (Lipinski definition) is 1. The van der Waals surface area contributed by atoms with Crippen molar-refractivity contribution in [2.24, 2.45) is 11.7 Å². The number of hydrogen-bond acceptors (Lipinski definition) is 4. The summed E-state index contributed by atoms with van der Waals surface area (Å²) in [6.07, 6.45) is 0. The summed E-state index contributed by atoms with van der Waals surface area (Å²) in [7, 11) is 0. The molecule has 2 aromatic rings. The van der Waals surface area contributed by atoms with E-state index in [0.29, 0.717) is 29.2 Å². The van der Waals surface area contributed by atoms with Crippen LogP contribution in [0.4, 0.5) is 0 Å². The predicted octanol–water partition coefficient (Wildman–Crippen LogP) is 3.09. The Kier molecular flexibility index (Phi) is 3.99. The zero-order valence-corrected chi connectivity index (χ0v) is 11.2. The first-order valence-corrected chi connectivity index (χ1v) is 6.29. The van der Waals surface area contributed by atoms with Crippen molar-refractivity contribution in [2.75, 3.05) is 6.54 Å². The minimum Gasteiger partial charge on any atom is -0.339 e. The molecular weight excluding hydrogens is 250 g/mol. The smallest absolute Gasteiger partial charge is 0.231 e. The fraction of sp³-hybridized carbons (Fsp3) is 0.385. The van der Waals surface area contributed by atoms with Gasteiger partial charge in [0.05, 0.1) is 5.92 Å². The van der Waals surface area contributed by atoms with Crippen LogP contribution >= 0.6 is 11.6 Å². The quantitative estimate of drug-likeness (QED) is 0.923. The van der Waals surface area contributed by atoms with Gasteiger partial charge in [-0.15, -0.1) is 0 Å². The van der Waals surface area contributed by atoms with Crippen molar-refractivity contribution in [1.82, 2.24) is 10.1 Å². The van der Waals surface area contributed by atoms with Crippen LogP contribution in [0.3, 0.4) is 0 Å². The second-order valence-corrected chi connectivity index (χ2v) is 4.99.